The summed E-state index contributed by atoms with van der Waals surface area (Å²) < 4.78 is 0. The third-order valence-electron chi connectivity index (χ3n) is 2.40. The van der Waals surface area contributed by atoms with E-state index in [4.69, 9.17) is 17.3 Å². The van der Waals surface area contributed by atoms with Crippen molar-refractivity contribution in [2.45, 2.75) is 0 Å². The number of halogens is 1. The second-order valence-corrected chi connectivity index (χ2v) is 4.22. The number of carbonyl (C=O) groups is 1. The highest BCUT2D eigenvalue weighted by atomic mass is 35.5. The van der Waals surface area contributed by atoms with E-state index in [2.05, 4.69) is 27.4 Å². The van der Waals surface area contributed by atoms with Gasteiger partial charge in [-0.05, 0) is 24.3 Å². The molecule has 1 amide bonds. The predicted octanol–water partition coefficient (Wildman–Crippen LogP) is 1.69. The number of nitrogens with one attached hydrogen (secondary N) is 1. The van der Waals surface area contributed by atoms with Crippen LogP contribution >= 0.6 is 11.6 Å². The number of anilines is 1. The second-order valence-electron chi connectivity index (χ2n) is 3.78. The van der Waals surface area contributed by atoms with Crippen molar-refractivity contribution in [2.75, 3.05) is 11.9 Å². The Bertz CT molecular complexity index is 677. The fraction of sp³-hybridized carbons (Fsp3) is 0.0714. The Morgan fingerprint density at radius 1 is 1.35 bits per heavy atom. The number of nitrogens with zero attached hydrogens (tertiary/aromatic N) is 2. The molecule has 0 saturated carbocycles. The highest BCUT2D eigenvalue weighted by molar-refractivity contribution is 6.30. The van der Waals surface area contributed by atoms with Crippen molar-refractivity contribution in [1.29, 1.82) is 0 Å². The van der Waals surface area contributed by atoms with Crippen molar-refractivity contribution in [3.05, 3.63) is 52.8 Å². The van der Waals surface area contributed by atoms with Gasteiger partial charge in [0.25, 0.3) is 5.91 Å². The molecule has 0 bridgehead atoms. The summed E-state index contributed by atoms with van der Waals surface area (Å²) in [6.45, 7) is 0.230. The summed E-state index contributed by atoms with van der Waals surface area (Å²) in [6, 6.07) is 6.61. The summed E-state index contributed by atoms with van der Waals surface area (Å²) in [7, 11) is 0. The van der Waals surface area contributed by atoms with E-state index in [9.17, 15) is 4.79 Å². The summed E-state index contributed by atoms with van der Waals surface area (Å²) in [5.74, 6) is 5.31. The molecule has 0 fully saturated rings. The number of benzene rings is 1. The molecule has 1 aromatic heterocycles. The molecule has 20 heavy (non-hydrogen) atoms. The maximum Gasteiger partial charge on any atom is 0.257 e. The molecule has 2 aromatic rings. The molecule has 0 saturated heterocycles. The average Bonchev–Trinajstić information content (AvgIpc) is 2.48. The number of aromatic nitrogens is 2. The monoisotopic (exact) mass is 286 g/mol. The van der Waals surface area contributed by atoms with E-state index in [1.54, 1.807) is 24.3 Å². The third-order valence-corrected chi connectivity index (χ3v) is 2.64. The molecule has 0 spiro atoms. The molecule has 0 unspecified atom stereocenters. The highest BCUT2D eigenvalue weighted by Gasteiger charge is 2.09. The number of nitrogens with two attached hydrogens (primary N) is 1. The van der Waals surface area contributed by atoms with Gasteiger partial charge >= 0.3 is 0 Å². The molecule has 1 heterocycles. The molecule has 0 aliphatic carbocycles. The minimum absolute atomic E-state index is 0.230. The van der Waals surface area contributed by atoms with Gasteiger partial charge in [-0.15, -0.1) is 0 Å². The van der Waals surface area contributed by atoms with Crippen molar-refractivity contribution >= 4 is 23.2 Å². The van der Waals surface area contributed by atoms with Crippen LogP contribution in [0.4, 0.5) is 5.69 Å². The minimum Gasteiger partial charge on any atom is -0.321 e. The largest absolute Gasteiger partial charge is 0.321 e. The topological polar surface area (TPSA) is 80.9 Å². The Balaban J connectivity index is 2.27. The average molecular weight is 287 g/mol. The van der Waals surface area contributed by atoms with Gasteiger partial charge in [0.1, 0.15) is 0 Å². The van der Waals surface area contributed by atoms with Gasteiger partial charge in [0, 0.05) is 10.6 Å². The van der Waals surface area contributed by atoms with Gasteiger partial charge < -0.3 is 11.1 Å². The van der Waals surface area contributed by atoms with Gasteiger partial charge in [-0.1, -0.05) is 23.4 Å². The number of hydrogen-bond acceptors (Lipinski definition) is 4. The Morgan fingerprint density at radius 3 is 2.90 bits per heavy atom. The molecule has 0 radical (unpaired) electrons. The summed E-state index contributed by atoms with van der Waals surface area (Å²) in [5, 5.41) is 10.6. The zero-order valence-electron chi connectivity index (χ0n) is 10.4. The fourth-order valence-corrected chi connectivity index (χ4v) is 1.67. The van der Waals surface area contributed by atoms with E-state index in [-0.39, 0.29) is 12.5 Å². The Labute approximate surface area is 121 Å². The minimum atomic E-state index is -0.293. The van der Waals surface area contributed by atoms with Crippen LogP contribution in [0.5, 0.6) is 0 Å². The smallest absolute Gasteiger partial charge is 0.257 e. The zero-order chi connectivity index (χ0) is 14.4. The summed E-state index contributed by atoms with van der Waals surface area (Å²) >= 11 is 5.92. The van der Waals surface area contributed by atoms with Crippen LogP contribution in [-0.2, 0) is 0 Å². The summed E-state index contributed by atoms with van der Waals surface area (Å²) in [5.41, 5.74) is 6.93. The molecule has 0 aliphatic rings. The van der Waals surface area contributed by atoms with Crippen LogP contribution < -0.4 is 11.1 Å². The zero-order valence-corrected chi connectivity index (χ0v) is 11.2. The standard InChI is InChI=1S/C14H11ClN4O/c15-12-3-4-13(10(8-12)2-1-6-16)19-14(20)11-5-7-17-18-9-11/h3-5,7-9H,6,16H2,(H,19,20). The van der Waals surface area contributed by atoms with Gasteiger partial charge in [-0.3, -0.25) is 4.79 Å². The normalized spacial score (nSPS) is 9.50. The van der Waals surface area contributed by atoms with Crippen LogP contribution in [0.1, 0.15) is 15.9 Å². The number of hydrogen-bond donors (Lipinski definition) is 2. The first-order valence-corrected chi connectivity index (χ1v) is 6.15. The van der Waals surface area contributed by atoms with Gasteiger partial charge in [-0.25, -0.2) is 0 Å². The van der Waals surface area contributed by atoms with Crippen molar-refractivity contribution in [1.82, 2.24) is 10.2 Å². The number of carbonyl (C=O) groups excluding carboxylic acids is 1. The lowest BCUT2D eigenvalue weighted by molar-refractivity contribution is 0.102. The van der Waals surface area contributed by atoms with Crippen molar-refractivity contribution in [3.63, 3.8) is 0 Å². The Kier molecular flexibility index (Phi) is 4.66. The van der Waals surface area contributed by atoms with Gasteiger partial charge in [-0.2, -0.15) is 10.2 Å². The molecule has 100 valence electrons. The number of rotatable bonds is 2. The molecule has 6 heteroatoms. The molecular weight excluding hydrogens is 276 g/mol. The quantitative estimate of drug-likeness (QED) is 0.823. The summed E-state index contributed by atoms with van der Waals surface area (Å²) in [4.78, 5) is 12.0. The predicted molar refractivity (Wildman–Crippen MR) is 77.4 cm³/mol. The van der Waals surface area contributed by atoms with Crippen LogP contribution in [0.25, 0.3) is 0 Å². The molecule has 1 aromatic carbocycles. The van der Waals surface area contributed by atoms with Crippen LogP contribution in [0.3, 0.4) is 0 Å². The Hall–Kier alpha value is -2.42. The van der Waals surface area contributed by atoms with E-state index in [0.717, 1.165) is 0 Å². The van der Waals surface area contributed by atoms with Gasteiger partial charge in [0.05, 0.1) is 30.2 Å². The highest BCUT2D eigenvalue weighted by Crippen LogP contribution is 2.20. The lowest BCUT2D eigenvalue weighted by Gasteiger charge is -2.07. The first-order chi connectivity index (χ1) is 9.70. The van der Waals surface area contributed by atoms with E-state index >= 15 is 0 Å². The van der Waals surface area contributed by atoms with Crippen LogP contribution in [-0.4, -0.2) is 22.6 Å². The molecule has 0 aliphatic heterocycles. The fourth-order valence-electron chi connectivity index (χ4n) is 1.49. The SMILES string of the molecule is NCC#Cc1cc(Cl)ccc1NC(=O)c1ccnnc1. The molecule has 3 N–H and O–H groups in total. The van der Waals surface area contributed by atoms with Gasteiger partial charge in [0.15, 0.2) is 0 Å². The van der Waals surface area contributed by atoms with Crippen LogP contribution in [0.15, 0.2) is 36.7 Å². The van der Waals surface area contributed by atoms with Gasteiger partial charge in [0.2, 0.25) is 0 Å². The van der Waals surface area contributed by atoms with E-state index in [1.165, 1.54) is 12.4 Å². The van der Waals surface area contributed by atoms with Crippen molar-refractivity contribution in [3.8, 4) is 11.8 Å². The second kappa shape index (κ2) is 6.66. The summed E-state index contributed by atoms with van der Waals surface area (Å²) in [6.07, 6.45) is 2.84. The maximum atomic E-state index is 12.0. The lowest BCUT2D eigenvalue weighted by Crippen LogP contribution is -2.13. The molecule has 2 rings (SSSR count). The first kappa shape index (κ1) is 14.0. The molecule has 5 nitrogen and oxygen atoms in total. The van der Waals surface area contributed by atoms with Crippen molar-refractivity contribution in [2.24, 2.45) is 5.73 Å². The van der Waals surface area contributed by atoms with E-state index in [0.29, 0.717) is 21.8 Å². The van der Waals surface area contributed by atoms with E-state index in [1.807, 2.05) is 0 Å². The first-order valence-electron chi connectivity index (χ1n) is 5.77. The third kappa shape index (κ3) is 3.54. The molecule has 0 atom stereocenters. The van der Waals surface area contributed by atoms with Crippen LogP contribution in [0.2, 0.25) is 5.02 Å². The number of amides is 1. The molecular formula is C14H11ClN4O. The van der Waals surface area contributed by atoms with E-state index < -0.39 is 0 Å². The maximum absolute atomic E-state index is 12.0. The lowest BCUT2D eigenvalue weighted by atomic mass is 10.1. The Morgan fingerprint density at radius 2 is 2.20 bits per heavy atom. The van der Waals surface area contributed by atoms with Crippen LogP contribution in [0, 0.1) is 11.8 Å². The van der Waals surface area contributed by atoms with Crippen molar-refractivity contribution < 1.29 is 4.79 Å².